The van der Waals surface area contributed by atoms with Crippen LogP contribution >= 0.6 is 11.6 Å². The first-order valence-electron chi connectivity index (χ1n) is 6.84. The zero-order chi connectivity index (χ0) is 16.7. The summed E-state index contributed by atoms with van der Waals surface area (Å²) in [6, 6.07) is 13.3. The van der Waals surface area contributed by atoms with Crippen molar-refractivity contribution in [2.24, 2.45) is 0 Å². The summed E-state index contributed by atoms with van der Waals surface area (Å²) < 4.78 is 5.29. The lowest BCUT2D eigenvalue weighted by Gasteiger charge is -2.10. The van der Waals surface area contributed by atoms with Crippen molar-refractivity contribution in [3.63, 3.8) is 0 Å². The van der Waals surface area contributed by atoms with Gasteiger partial charge in [0.25, 0.3) is 5.91 Å². The van der Waals surface area contributed by atoms with E-state index in [0.717, 1.165) is 5.56 Å². The molecule has 2 aromatic rings. The topological polar surface area (TPSA) is 79.5 Å². The fraction of sp³-hybridized carbons (Fsp3) is 0.125. The molecule has 0 bridgehead atoms. The smallest absolute Gasteiger partial charge is 0.337 e. The molecule has 0 heterocycles. The van der Waals surface area contributed by atoms with Crippen LogP contribution in [0.2, 0.25) is 5.02 Å². The van der Waals surface area contributed by atoms with Crippen molar-refractivity contribution in [3.05, 3.63) is 59.1 Å². The number of carbonyl (C=O) groups is 2. The molecule has 6 nitrogen and oxygen atoms in total. The molecule has 7 heteroatoms. The zero-order valence-corrected chi connectivity index (χ0v) is 13.2. The molecule has 0 aromatic heterocycles. The van der Waals surface area contributed by atoms with Crippen molar-refractivity contribution in [3.8, 4) is 5.75 Å². The monoisotopic (exact) mass is 333 g/mol. The highest BCUT2D eigenvalue weighted by molar-refractivity contribution is 6.30. The van der Waals surface area contributed by atoms with Crippen molar-refractivity contribution in [2.75, 3.05) is 11.9 Å². The van der Waals surface area contributed by atoms with Gasteiger partial charge in [0.2, 0.25) is 0 Å². The molecule has 0 aliphatic heterocycles. The number of hydrazine groups is 1. The van der Waals surface area contributed by atoms with Gasteiger partial charge in [-0.15, -0.1) is 0 Å². The van der Waals surface area contributed by atoms with E-state index in [0.29, 0.717) is 16.5 Å². The highest BCUT2D eigenvalue weighted by Crippen LogP contribution is 2.13. The lowest BCUT2D eigenvalue weighted by atomic mass is 10.2. The second-order valence-electron chi connectivity index (χ2n) is 4.74. The van der Waals surface area contributed by atoms with Crippen molar-refractivity contribution >= 4 is 29.2 Å². The van der Waals surface area contributed by atoms with Gasteiger partial charge in [-0.3, -0.25) is 10.2 Å². The van der Waals surface area contributed by atoms with E-state index in [1.54, 1.807) is 36.4 Å². The Morgan fingerprint density at radius 2 is 1.65 bits per heavy atom. The Hall–Kier alpha value is -2.73. The molecule has 0 unspecified atom stereocenters. The van der Waals surface area contributed by atoms with Gasteiger partial charge in [0.15, 0.2) is 6.61 Å². The number of nitrogens with one attached hydrogen (secondary N) is 3. The van der Waals surface area contributed by atoms with Crippen LogP contribution in [0.1, 0.15) is 5.56 Å². The molecule has 0 saturated heterocycles. The van der Waals surface area contributed by atoms with Crippen molar-refractivity contribution in [1.29, 1.82) is 0 Å². The molecular weight excluding hydrogens is 318 g/mol. The van der Waals surface area contributed by atoms with E-state index in [1.165, 1.54) is 0 Å². The number of anilines is 1. The number of urea groups is 1. The molecule has 0 saturated carbocycles. The molecule has 3 N–H and O–H groups in total. The number of aryl methyl sites for hydroxylation is 1. The second-order valence-corrected chi connectivity index (χ2v) is 5.17. The second kappa shape index (κ2) is 8.05. The quantitative estimate of drug-likeness (QED) is 0.753. The molecule has 0 fully saturated rings. The van der Waals surface area contributed by atoms with Gasteiger partial charge in [0.1, 0.15) is 5.75 Å². The van der Waals surface area contributed by atoms with Gasteiger partial charge in [-0.25, -0.2) is 10.2 Å². The Morgan fingerprint density at radius 1 is 1.00 bits per heavy atom. The lowest BCUT2D eigenvalue weighted by Crippen LogP contribution is -2.45. The molecule has 0 atom stereocenters. The number of amides is 3. The van der Waals surface area contributed by atoms with Crippen LogP contribution in [0.25, 0.3) is 0 Å². The SMILES string of the molecule is Cc1ccc(OCC(=O)NNC(=O)Nc2ccc(Cl)cc2)cc1. The van der Waals surface area contributed by atoms with Crippen LogP contribution in [0.4, 0.5) is 10.5 Å². The molecule has 2 aromatic carbocycles. The Bertz CT molecular complexity index is 672. The Morgan fingerprint density at radius 3 is 2.30 bits per heavy atom. The lowest BCUT2D eigenvalue weighted by molar-refractivity contribution is -0.123. The number of benzene rings is 2. The first-order chi connectivity index (χ1) is 11.0. The summed E-state index contributed by atoms with van der Waals surface area (Å²) in [5.74, 6) is 0.105. The predicted molar refractivity (Wildman–Crippen MR) is 88.4 cm³/mol. The number of rotatable bonds is 4. The van der Waals surface area contributed by atoms with Gasteiger partial charge in [-0.05, 0) is 43.3 Å². The maximum Gasteiger partial charge on any atom is 0.337 e. The largest absolute Gasteiger partial charge is 0.484 e. The maximum absolute atomic E-state index is 11.6. The number of hydrogen-bond acceptors (Lipinski definition) is 3. The van der Waals surface area contributed by atoms with E-state index in [1.807, 2.05) is 19.1 Å². The maximum atomic E-state index is 11.6. The van der Waals surface area contributed by atoms with E-state index >= 15 is 0 Å². The number of ether oxygens (including phenoxy) is 1. The minimum Gasteiger partial charge on any atom is -0.484 e. The molecule has 120 valence electrons. The molecule has 0 aliphatic rings. The van der Waals surface area contributed by atoms with E-state index in [4.69, 9.17) is 16.3 Å². The van der Waals surface area contributed by atoms with E-state index < -0.39 is 11.9 Å². The van der Waals surface area contributed by atoms with Gasteiger partial charge >= 0.3 is 6.03 Å². The summed E-state index contributed by atoms with van der Waals surface area (Å²) in [7, 11) is 0. The molecule has 3 amide bonds. The summed E-state index contributed by atoms with van der Waals surface area (Å²) in [4.78, 5) is 23.2. The summed E-state index contributed by atoms with van der Waals surface area (Å²) in [5, 5.41) is 3.11. The third kappa shape index (κ3) is 5.88. The standard InChI is InChI=1S/C16H16ClN3O3/c1-11-2-8-14(9-3-11)23-10-15(21)19-20-16(22)18-13-6-4-12(17)5-7-13/h2-9H,10H2,1H3,(H,19,21)(H2,18,20,22). The van der Waals surface area contributed by atoms with Gasteiger partial charge in [-0.1, -0.05) is 29.3 Å². The van der Waals surface area contributed by atoms with E-state index in [9.17, 15) is 9.59 Å². The molecule has 0 radical (unpaired) electrons. The average Bonchev–Trinajstić information content (AvgIpc) is 2.54. The Balaban J connectivity index is 1.70. The molecule has 23 heavy (non-hydrogen) atoms. The minimum atomic E-state index is -0.573. The van der Waals surface area contributed by atoms with Crippen LogP contribution in [0.3, 0.4) is 0 Å². The third-order valence-electron chi connectivity index (χ3n) is 2.81. The minimum absolute atomic E-state index is 0.204. The molecule has 0 spiro atoms. The van der Waals surface area contributed by atoms with Crippen LogP contribution < -0.4 is 20.9 Å². The fourth-order valence-electron chi connectivity index (χ4n) is 1.64. The summed E-state index contributed by atoms with van der Waals surface area (Å²) >= 11 is 5.75. The first-order valence-corrected chi connectivity index (χ1v) is 7.21. The number of carbonyl (C=O) groups excluding carboxylic acids is 2. The van der Waals surface area contributed by atoms with Crippen molar-refractivity contribution < 1.29 is 14.3 Å². The summed E-state index contributed by atoms with van der Waals surface area (Å²) in [6.45, 7) is 1.75. The van der Waals surface area contributed by atoms with Crippen molar-refractivity contribution in [1.82, 2.24) is 10.9 Å². The first kappa shape index (κ1) is 16.6. The highest BCUT2D eigenvalue weighted by atomic mass is 35.5. The van der Waals surface area contributed by atoms with Gasteiger partial charge in [0.05, 0.1) is 0 Å². The van der Waals surface area contributed by atoms with Crippen LogP contribution in [0, 0.1) is 6.92 Å². The van der Waals surface area contributed by atoms with Crippen LogP contribution in [0.5, 0.6) is 5.75 Å². The Kier molecular flexibility index (Phi) is 5.82. The number of hydrogen-bond donors (Lipinski definition) is 3. The summed E-state index contributed by atoms with van der Waals surface area (Å²) in [6.07, 6.45) is 0. The zero-order valence-electron chi connectivity index (χ0n) is 12.4. The molecule has 2 rings (SSSR count). The van der Waals surface area contributed by atoms with Crippen LogP contribution in [-0.4, -0.2) is 18.5 Å². The number of halogens is 1. The molecule has 0 aliphatic carbocycles. The highest BCUT2D eigenvalue weighted by Gasteiger charge is 2.05. The van der Waals surface area contributed by atoms with Gasteiger partial charge in [-0.2, -0.15) is 0 Å². The van der Waals surface area contributed by atoms with Gasteiger partial charge in [0, 0.05) is 10.7 Å². The van der Waals surface area contributed by atoms with E-state index in [2.05, 4.69) is 16.2 Å². The Labute approximate surface area is 138 Å². The van der Waals surface area contributed by atoms with Crippen LogP contribution in [0.15, 0.2) is 48.5 Å². The fourth-order valence-corrected chi connectivity index (χ4v) is 1.77. The van der Waals surface area contributed by atoms with Gasteiger partial charge < -0.3 is 10.1 Å². The third-order valence-corrected chi connectivity index (χ3v) is 3.06. The van der Waals surface area contributed by atoms with E-state index in [-0.39, 0.29) is 6.61 Å². The van der Waals surface area contributed by atoms with Crippen molar-refractivity contribution in [2.45, 2.75) is 6.92 Å². The average molecular weight is 334 g/mol. The van der Waals surface area contributed by atoms with Crippen LogP contribution in [-0.2, 0) is 4.79 Å². The molecular formula is C16H16ClN3O3. The summed E-state index contributed by atoms with van der Waals surface area (Å²) in [5.41, 5.74) is 6.12. The normalized spacial score (nSPS) is 9.83. The predicted octanol–water partition coefficient (Wildman–Crippen LogP) is 2.88.